The highest BCUT2D eigenvalue weighted by Crippen LogP contribution is 2.42. The Morgan fingerprint density at radius 2 is 0.907 bits per heavy atom. The Labute approximate surface area is 312 Å². The third-order valence-corrected chi connectivity index (χ3v) is 10.9. The van der Waals surface area contributed by atoms with E-state index in [1.807, 2.05) is 6.07 Å². The molecule has 0 aliphatic rings. The van der Waals surface area contributed by atoms with Crippen LogP contribution in [0.3, 0.4) is 0 Å². The van der Waals surface area contributed by atoms with Gasteiger partial charge < -0.3 is 9.13 Å². The molecule has 11 aromatic rings. The van der Waals surface area contributed by atoms with Gasteiger partial charge in [-0.2, -0.15) is 0 Å². The fourth-order valence-corrected chi connectivity index (χ4v) is 8.40. The molecule has 3 heterocycles. The topological polar surface area (TPSA) is 22.8 Å². The summed E-state index contributed by atoms with van der Waals surface area (Å²) in [5.74, 6) is 0. The number of hydrogen-bond acceptors (Lipinski definition) is 1. The molecule has 0 saturated carbocycles. The van der Waals surface area contributed by atoms with Crippen LogP contribution in [0.1, 0.15) is 0 Å². The molecule has 11 rings (SSSR count). The van der Waals surface area contributed by atoms with Crippen molar-refractivity contribution in [2.45, 2.75) is 0 Å². The van der Waals surface area contributed by atoms with Crippen molar-refractivity contribution in [3.8, 4) is 45.0 Å². The number of para-hydroxylation sites is 3. The third-order valence-electron chi connectivity index (χ3n) is 10.9. The number of hydrogen-bond donors (Lipinski definition) is 0. The van der Waals surface area contributed by atoms with Crippen molar-refractivity contribution in [3.05, 3.63) is 200 Å². The Morgan fingerprint density at radius 1 is 0.315 bits per heavy atom. The molecule has 0 aliphatic carbocycles. The third kappa shape index (κ3) is 4.79. The van der Waals surface area contributed by atoms with Gasteiger partial charge in [0, 0.05) is 44.0 Å². The van der Waals surface area contributed by atoms with E-state index in [2.05, 4.69) is 203 Å². The van der Waals surface area contributed by atoms with E-state index in [0.29, 0.717) is 0 Å². The maximum Gasteiger partial charge on any atom is 0.0715 e. The molecule has 0 N–H and O–H groups in total. The van der Waals surface area contributed by atoms with Crippen LogP contribution in [0.2, 0.25) is 0 Å². The maximum atomic E-state index is 5.20. The number of benzene rings is 8. The van der Waals surface area contributed by atoms with Gasteiger partial charge in [-0.1, -0.05) is 140 Å². The van der Waals surface area contributed by atoms with Crippen molar-refractivity contribution < 1.29 is 0 Å². The van der Waals surface area contributed by atoms with Crippen LogP contribution in [0.5, 0.6) is 0 Å². The van der Waals surface area contributed by atoms with Crippen molar-refractivity contribution in [1.82, 2.24) is 14.1 Å². The van der Waals surface area contributed by atoms with Crippen molar-refractivity contribution in [2.75, 3.05) is 0 Å². The molecule has 0 atom stereocenters. The fourth-order valence-electron chi connectivity index (χ4n) is 8.40. The number of aromatic nitrogens is 3. The molecule has 252 valence electrons. The van der Waals surface area contributed by atoms with Crippen LogP contribution in [0.4, 0.5) is 0 Å². The number of rotatable bonds is 5. The molecule has 3 nitrogen and oxygen atoms in total. The highest BCUT2D eigenvalue weighted by molar-refractivity contribution is 6.26. The fraction of sp³-hybridized carbons (Fsp3) is 0. The zero-order chi connectivity index (χ0) is 35.6. The molecular weight excluding hydrogens is 655 g/mol. The summed E-state index contributed by atoms with van der Waals surface area (Å²) in [6.07, 6.45) is 0. The zero-order valence-corrected chi connectivity index (χ0v) is 29.4. The lowest BCUT2D eigenvalue weighted by Gasteiger charge is -2.12. The van der Waals surface area contributed by atoms with Gasteiger partial charge in [0.25, 0.3) is 0 Å². The molecule has 0 spiro atoms. The highest BCUT2D eigenvalue weighted by atomic mass is 15.0. The Morgan fingerprint density at radius 3 is 1.67 bits per heavy atom. The minimum absolute atomic E-state index is 0.960. The molecule has 0 saturated heterocycles. The van der Waals surface area contributed by atoms with Gasteiger partial charge in [-0.3, -0.25) is 0 Å². The monoisotopic (exact) mass is 687 g/mol. The first-order chi connectivity index (χ1) is 26.8. The lowest BCUT2D eigenvalue weighted by molar-refractivity contribution is 1.18. The van der Waals surface area contributed by atoms with Gasteiger partial charge in [0.05, 0.1) is 33.5 Å². The van der Waals surface area contributed by atoms with E-state index >= 15 is 0 Å². The molecule has 0 aliphatic heterocycles. The SMILES string of the molecule is c1ccc(-c2cc(-c3ccccc3)nc(-c3ccc4cc(-n5c6ccccc6c6c5ccc5c7ccccc7n(-c7ccccc7)c56)ccc4c3)c2)cc1. The van der Waals surface area contributed by atoms with Crippen molar-refractivity contribution in [1.29, 1.82) is 0 Å². The summed E-state index contributed by atoms with van der Waals surface area (Å²) in [6, 6.07) is 72.0. The Bertz CT molecular complexity index is 3130. The Kier molecular flexibility index (Phi) is 6.86. The summed E-state index contributed by atoms with van der Waals surface area (Å²) in [5.41, 5.74) is 13.6. The first kappa shape index (κ1) is 30.4. The summed E-state index contributed by atoms with van der Waals surface area (Å²) < 4.78 is 4.87. The van der Waals surface area contributed by atoms with E-state index in [4.69, 9.17) is 4.98 Å². The minimum atomic E-state index is 0.960. The predicted octanol–water partition coefficient (Wildman–Crippen LogP) is 13.4. The van der Waals surface area contributed by atoms with Gasteiger partial charge in [-0.25, -0.2) is 4.98 Å². The van der Waals surface area contributed by atoms with E-state index in [1.165, 1.54) is 59.9 Å². The van der Waals surface area contributed by atoms with Crippen molar-refractivity contribution in [3.63, 3.8) is 0 Å². The van der Waals surface area contributed by atoms with E-state index in [0.717, 1.165) is 39.5 Å². The van der Waals surface area contributed by atoms with Gasteiger partial charge in [0.2, 0.25) is 0 Å². The zero-order valence-electron chi connectivity index (χ0n) is 29.4. The average Bonchev–Trinajstić information content (AvgIpc) is 3.77. The molecule has 3 aromatic heterocycles. The van der Waals surface area contributed by atoms with Crippen LogP contribution >= 0.6 is 0 Å². The van der Waals surface area contributed by atoms with Crippen LogP contribution in [-0.4, -0.2) is 14.1 Å². The standard InChI is InChI=1S/C51H33N3/c1-4-14-34(15-5-1)39-32-45(35-16-6-2-7-17-35)52-46(33-39)38-25-24-37-31-41(27-26-36(37)30-38)53-48-23-13-11-21-44(48)50-49(53)29-28-43-42-20-10-12-22-47(42)54(51(43)50)40-18-8-3-9-19-40/h1-33H. The van der Waals surface area contributed by atoms with E-state index < -0.39 is 0 Å². The second-order valence-corrected chi connectivity index (χ2v) is 14.0. The van der Waals surface area contributed by atoms with Crippen LogP contribution < -0.4 is 0 Å². The normalized spacial score (nSPS) is 11.7. The highest BCUT2D eigenvalue weighted by Gasteiger charge is 2.21. The molecule has 3 heteroatoms. The molecule has 0 bridgehead atoms. The lowest BCUT2D eigenvalue weighted by atomic mass is 9.98. The van der Waals surface area contributed by atoms with E-state index in [9.17, 15) is 0 Å². The minimum Gasteiger partial charge on any atom is -0.309 e. The van der Waals surface area contributed by atoms with Gasteiger partial charge in [-0.15, -0.1) is 0 Å². The Hall–Kier alpha value is -7.23. The summed E-state index contributed by atoms with van der Waals surface area (Å²) in [5, 5.41) is 7.39. The van der Waals surface area contributed by atoms with E-state index in [-0.39, 0.29) is 0 Å². The average molecular weight is 688 g/mol. The second-order valence-electron chi connectivity index (χ2n) is 14.0. The van der Waals surface area contributed by atoms with Gasteiger partial charge >= 0.3 is 0 Å². The number of fused-ring (bicyclic) bond motifs is 8. The smallest absolute Gasteiger partial charge is 0.0715 e. The first-order valence-corrected chi connectivity index (χ1v) is 18.5. The second kappa shape index (κ2) is 12.2. The van der Waals surface area contributed by atoms with Crippen LogP contribution in [0.25, 0.3) is 99.4 Å². The van der Waals surface area contributed by atoms with Gasteiger partial charge in [0.15, 0.2) is 0 Å². The molecule has 0 unspecified atom stereocenters. The maximum absolute atomic E-state index is 5.20. The number of pyridine rings is 1. The molecule has 0 amide bonds. The van der Waals surface area contributed by atoms with Crippen LogP contribution in [0, 0.1) is 0 Å². The predicted molar refractivity (Wildman–Crippen MR) is 227 cm³/mol. The summed E-state index contributed by atoms with van der Waals surface area (Å²) >= 11 is 0. The van der Waals surface area contributed by atoms with E-state index in [1.54, 1.807) is 0 Å². The summed E-state index contributed by atoms with van der Waals surface area (Å²) in [4.78, 5) is 5.20. The largest absolute Gasteiger partial charge is 0.309 e. The lowest BCUT2D eigenvalue weighted by Crippen LogP contribution is -1.95. The summed E-state index contributed by atoms with van der Waals surface area (Å²) in [6.45, 7) is 0. The van der Waals surface area contributed by atoms with Crippen LogP contribution in [-0.2, 0) is 0 Å². The summed E-state index contributed by atoms with van der Waals surface area (Å²) in [7, 11) is 0. The molecular formula is C51H33N3. The molecule has 54 heavy (non-hydrogen) atoms. The first-order valence-electron chi connectivity index (χ1n) is 18.5. The number of nitrogens with zero attached hydrogens (tertiary/aromatic N) is 3. The Balaban J connectivity index is 1.09. The van der Waals surface area contributed by atoms with Gasteiger partial charge in [0.1, 0.15) is 0 Å². The molecule has 8 aromatic carbocycles. The quantitative estimate of drug-likeness (QED) is 0.177. The van der Waals surface area contributed by atoms with Gasteiger partial charge in [-0.05, 0) is 82.6 Å². The van der Waals surface area contributed by atoms with Crippen molar-refractivity contribution in [2.24, 2.45) is 0 Å². The van der Waals surface area contributed by atoms with Crippen LogP contribution in [0.15, 0.2) is 200 Å². The van der Waals surface area contributed by atoms with Crippen molar-refractivity contribution >= 4 is 54.4 Å². The molecule has 0 radical (unpaired) electrons. The molecule has 0 fully saturated rings.